The van der Waals surface area contributed by atoms with Crippen LogP contribution in [0.5, 0.6) is 5.75 Å². The number of ether oxygens (including phenoxy) is 2. The van der Waals surface area contributed by atoms with Crippen molar-refractivity contribution in [3.63, 3.8) is 0 Å². The number of carbonyl (C=O) groups excluding carboxylic acids is 3. The van der Waals surface area contributed by atoms with Crippen molar-refractivity contribution in [3.05, 3.63) is 94.8 Å². The molecule has 3 aromatic rings. The van der Waals surface area contributed by atoms with E-state index < -0.39 is 11.8 Å². The molecule has 10 heteroatoms. The van der Waals surface area contributed by atoms with E-state index >= 15 is 0 Å². The van der Waals surface area contributed by atoms with E-state index in [0.717, 1.165) is 5.56 Å². The van der Waals surface area contributed by atoms with Crippen molar-refractivity contribution in [3.8, 4) is 5.75 Å². The van der Waals surface area contributed by atoms with Crippen LogP contribution >= 0.6 is 11.6 Å². The number of hydrogen-bond donors (Lipinski definition) is 1. The predicted octanol–water partition coefficient (Wildman–Crippen LogP) is 3.53. The number of nitrogens with one attached hydrogen (secondary N) is 1. The number of piperidine rings is 1. The largest absolute Gasteiger partial charge is 0.497 e. The molecule has 2 aliphatic rings. The number of benzene rings is 2. The van der Waals surface area contributed by atoms with Crippen molar-refractivity contribution in [1.29, 1.82) is 0 Å². The van der Waals surface area contributed by atoms with Gasteiger partial charge in [-0.3, -0.25) is 24.3 Å². The summed E-state index contributed by atoms with van der Waals surface area (Å²) >= 11 is 6.08. The highest BCUT2D eigenvalue weighted by molar-refractivity contribution is 6.30. The Labute approximate surface area is 231 Å². The third-order valence-electron chi connectivity index (χ3n) is 7.24. The standard InChI is InChI=1S/C29H29ClN4O5/c1-38-24-7-5-21(6-8-24)28(37)34-25(26(35)32-18-20-9-13-31-14-10-20)19-39-29(34)11-15-33(16-12-29)27(36)22-3-2-4-23(30)17-22/h2-10,13-14,17,25H,11-12,15-16,18-19H2,1H3,(H,32,35). The number of aromatic nitrogens is 1. The zero-order chi connectivity index (χ0) is 27.4. The van der Waals surface area contributed by atoms with Gasteiger partial charge in [-0.15, -0.1) is 0 Å². The Kier molecular flexibility index (Phi) is 7.81. The molecule has 2 saturated heterocycles. The van der Waals surface area contributed by atoms with E-state index in [4.69, 9.17) is 21.1 Å². The maximum Gasteiger partial charge on any atom is 0.256 e. The van der Waals surface area contributed by atoms with Gasteiger partial charge >= 0.3 is 0 Å². The molecule has 3 amide bonds. The van der Waals surface area contributed by atoms with Crippen molar-refractivity contribution in [2.45, 2.75) is 31.2 Å². The van der Waals surface area contributed by atoms with Crippen molar-refractivity contribution in [2.24, 2.45) is 0 Å². The molecule has 1 unspecified atom stereocenters. The Hall–Kier alpha value is -3.95. The lowest BCUT2D eigenvalue weighted by molar-refractivity contribution is -0.128. The Morgan fingerprint density at radius 1 is 1.03 bits per heavy atom. The molecule has 0 aliphatic carbocycles. The monoisotopic (exact) mass is 548 g/mol. The summed E-state index contributed by atoms with van der Waals surface area (Å²) in [6.45, 7) is 1.09. The SMILES string of the molecule is COc1ccc(C(=O)N2C(C(=O)NCc3ccncc3)COC23CCN(C(=O)c2cccc(Cl)c2)CC3)cc1. The van der Waals surface area contributed by atoms with Crippen LogP contribution in [0.3, 0.4) is 0 Å². The average molecular weight is 549 g/mol. The number of pyridine rings is 1. The molecule has 2 fully saturated rings. The topological polar surface area (TPSA) is 101 Å². The Morgan fingerprint density at radius 3 is 2.41 bits per heavy atom. The molecule has 3 heterocycles. The summed E-state index contributed by atoms with van der Waals surface area (Å²) in [5, 5.41) is 3.42. The third kappa shape index (κ3) is 5.60. The number of carbonyl (C=O) groups is 3. The summed E-state index contributed by atoms with van der Waals surface area (Å²) in [5.41, 5.74) is 0.809. The molecule has 1 N–H and O–H groups in total. The fourth-order valence-electron chi connectivity index (χ4n) is 5.11. The number of likely N-dealkylation sites (tertiary alicyclic amines) is 1. The molecule has 2 aromatic carbocycles. The van der Waals surface area contributed by atoms with Gasteiger partial charge in [0.05, 0.1) is 13.7 Å². The van der Waals surface area contributed by atoms with Gasteiger partial charge in [0.2, 0.25) is 5.91 Å². The van der Waals surface area contributed by atoms with Crippen molar-refractivity contribution in [2.75, 3.05) is 26.8 Å². The van der Waals surface area contributed by atoms with E-state index in [9.17, 15) is 14.4 Å². The number of hydrogen-bond acceptors (Lipinski definition) is 6. The van der Waals surface area contributed by atoms with Gasteiger partial charge in [-0.05, 0) is 60.2 Å². The Balaban J connectivity index is 1.36. The molecule has 1 atom stereocenters. The lowest BCUT2D eigenvalue weighted by Gasteiger charge is -2.44. The molecule has 202 valence electrons. The predicted molar refractivity (Wildman–Crippen MR) is 144 cm³/mol. The average Bonchev–Trinajstić information content (AvgIpc) is 3.34. The van der Waals surface area contributed by atoms with E-state index in [-0.39, 0.29) is 24.3 Å². The molecule has 1 aromatic heterocycles. The van der Waals surface area contributed by atoms with Crippen LogP contribution in [0.4, 0.5) is 0 Å². The second-order valence-corrected chi connectivity index (χ2v) is 9.99. The van der Waals surface area contributed by atoms with E-state index in [2.05, 4.69) is 10.3 Å². The summed E-state index contributed by atoms with van der Waals surface area (Å²) < 4.78 is 11.5. The summed E-state index contributed by atoms with van der Waals surface area (Å²) in [5.74, 6) is -0.125. The van der Waals surface area contributed by atoms with Crippen LogP contribution < -0.4 is 10.1 Å². The van der Waals surface area contributed by atoms with Crippen LogP contribution in [0.15, 0.2) is 73.1 Å². The minimum atomic E-state index is -1.01. The fraction of sp³-hybridized carbons (Fsp3) is 0.310. The fourth-order valence-corrected chi connectivity index (χ4v) is 5.30. The first kappa shape index (κ1) is 26.6. The van der Waals surface area contributed by atoms with E-state index in [0.29, 0.717) is 54.4 Å². The Bertz CT molecular complexity index is 1340. The maximum absolute atomic E-state index is 13.9. The van der Waals surface area contributed by atoms with E-state index in [1.807, 2.05) is 12.1 Å². The first-order valence-electron chi connectivity index (χ1n) is 12.7. The third-order valence-corrected chi connectivity index (χ3v) is 7.47. The van der Waals surface area contributed by atoms with E-state index in [1.165, 1.54) is 0 Å². The lowest BCUT2D eigenvalue weighted by Crippen LogP contribution is -2.59. The Morgan fingerprint density at radius 2 is 1.74 bits per heavy atom. The van der Waals surface area contributed by atoms with Crippen LogP contribution in [0.25, 0.3) is 0 Å². The summed E-state index contributed by atoms with van der Waals surface area (Å²) in [6, 6.07) is 16.4. The number of rotatable bonds is 6. The first-order chi connectivity index (χ1) is 18.9. The van der Waals surface area contributed by atoms with Gasteiger partial charge in [-0.2, -0.15) is 0 Å². The lowest BCUT2D eigenvalue weighted by atomic mass is 9.96. The van der Waals surface area contributed by atoms with Crippen LogP contribution in [-0.2, 0) is 16.1 Å². The van der Waals surface area contributed by atoms with Gasteiger partial charge in [0.25, 0.3) is 11.8 Å². The quantitative estimate of drug-likeness (QED) is 0.506. The summed E-state index contributed by atoms with van der Waals surface area (Å²) in [7, 11) is 1.56. The van der Waals surface area contributed by atoms with Gasteiger partial charge in [-0.1, -0.05) is 17.7 Å². The van der Waals surface area contributed by atoms with Crippen LogP contribution in [0, 0.1) is 0 Å². The summed E-state index contributed by atoms with van der Waals surface area (Å²) in [6.07, 6.45) is 4.06. The van der Waals surface area contributed by atoms with Crippen molar-refractivity contribution in [1.82, 2.24) is 20.1 Å². The first-order valence-corrected chi connectivity index (χ1v) is 13.1. The van der Waals surface area contributed by atoms with E-state index in [1.54, 1.807) is 77.8 Å². The molecule has 5 rings (SSSR count). The van der Waals surface area contributed by atoms with Crippen LogP contribution in [0.1, 0.15) is 39.1 Å². The van der Waals surface area contributed by atoms with Gasteiger partial charge in [0.1, 0.15) is 17.5 Å². The molecule has 1 spiro atoms. The zero-order valence-electron chi connectivity index (χ0n) is 21.5. The molecule has 0 bridgehead atoms. The van der Waals surface area contributed by atoms with Crippen molar-refractivity contribution >= 4 is 29.3 Å². The molecule has 39 heavy (non-hydrogen) atoms. The molecule has 0 saturated carbocycles. The normalized spacial score (nSPS) is 18.2. The molecular formula is C29H29ClN4O5. The van der Waals surface area contributed by atoms with Gasteiger partial charge in [-0.25, -0.2) is 0 Å². The zero-order valence-corrected chi connectivity index (χ0v) is 22.3. The summed E-state index contributed by atoms with van der Waals surface area (Å²) in [4.78, 5) is 47.7. The highest BCUT2D eigenvalue weighted by atomic mass is 35.5. The highest BCUT2D eigenvalue weighted by Gasteiger charge is 2.54. The number of halogens is 1. The second kappa shape index (κ2) is 11.4. The minimum Gasteiger partial charge on any atom is -0.497 e. The molecule has 0 radical (unpaired) electrons. The molecule has 9 nitrogen and oxygen atoms in total. The van der Waals surface area contributed by atoms with Gasteiger partial charge in [0.15, 0.2) is 0 Å². The van der Waals surface area contributed by atoms with Gasteiger partial charge < -0.3 is 19.7 Å². The van der Waals surface area contributed by atoms with Crippen molar-refractivity contribution < 1.29 is 23.9 Å². The molecule has 2 aliphatic heterocycles. The minimum absolute atomic E-state index is 0.0618. The number of nitrogens with zero attached hydrogens (tertiary/aromatic N) is 3. The second-order valence-electron chi connectivity index (χ2n) is 9.55. The van der Waals surface area contributed by atoms with Crippen LogP contribution in [0.2, 0.25) is 5.02 Å². The highest BCUT2D eigenvalue weighted by Crippen LogP contribution is 2.39. The molecular weight excluding hydrogens is 520 g/mol. The number of methoxy groups -OCH3 is 1. The maximum atomic E-state index is 13.9. The van der Waals surface area contributed by atoms with Crippen LogP contribution in [-0.4, -0.2) is 71.1 Å². The smallest absolute Gasteiger partial charge is 0.256 e. The number of amides is 3. The van der Waals surface area contributed by atoms with Gasteiger partial charge in [0, 0.05) is 61.0 Å².